The van der Waals surface area contributed by atoms with Crippen LogP contribution in [0.5, 0.6) is 11.5 Å². The fourth-order valence-corrected chi connectivity index (χ4v) is 5.18. The molecule has 0 amide bonds. The van der Waals surface area contributed by atoms with E-state index >= 15 is 0 Å². The number of ether oxygens (including phenoxy) is 2. The van der Waals surface area contributed by atoms with Crippen LogP contribution < -0.4 is 19.8 Å². The van der Waals surface area contributed by atoms with Gasteiger partial charge in [-0.2, -0.15) is 4.72 Å². The van der Waals surface area contributed by atoms with Gasteiger partial charge in [0, 0.05) is 17.0 Å². The molecule has 0 spiro atoms. The highest BCUT2D eigenvalue weighted by molar-refractivity contribution is 7.89. The number of carbonyl (C=O) groups excluding carboxylic acids is 1. The van der Waals surface area contributed by atoms with Crippen LogP contribution in [-0.2, 0) is 14.8 Å². The van der Waals surface area contributed by atoms with Gasteiger partial charge in [-0.05, 0) is 67.8 Å². The van der Waals surface area contributed by atoms with Gasteiger partial charge < -0.3 is 13.9 Å². The molecule has 1 heterocycles. The van der Waals surface area contributed by atoms with Gasteiger partial charge in [0.2, 0.25) is 10.0 Å². The smallest absolute Gasteiger partial charge is 0.336 e. The lowest BCUT2D eigenvalue weighted by Crippen LogP contribution is -2.42. The third-order valence-corrected chi connectivity index (χ3v) is 7.53. The van der Waals surface area contributed by atoms with Crippen LogP contribution in [0.15, 0.2) is 80.8 Å². The van der Waals surface area contributed by atoms with E-state index < -0.39 is 27.7 Å². The molecule has 0 saturated heterocycles. The van der Waals surface area contributed by atoms with E-state index in [0.29, 0.717) is 22.3 Å². The predicted molar refractivity (Wildman–Crippen MR) is 140 cm³/mol. The van der Waals surface area contributed by atoms with E-state index in [0.717, 1.165) is 11.1 Å². The molecule has 0 saturated carbocycles. The lowest BCUT2D eigenvalue weighted by Gasteiger charge is -2.17. The first-order valence-electron chi connectivity index (χ1n) is 11.7. The van der Waals surface area contributed by atoms with Crippen molar-refractivity contribution < 1.29 is 27.1 Å². The van der Waals surface area contributed by atoms with Gasteiger partial charge in [0.05, 0.1) is 12.0 Å². The van der Waals surface area contributed by atoms with E-state index in [9.17, 15) is 18.0 Å². The Kier molecular flexibility index (Phi) is 7.47. The molecular formula is C28H27NO7S. The van der Waals surface area contributed by atoms with Gasteiger partial charge in [0.1, 0.15) is 23.1 Å². The molecule has 1 aromatic heterocycles. The summed E-state index contributed by atoms with van der Waals surface area (Å²) in [5.74, 6) is 0.0830. The zero-order chi connectivity index (χ0) is 26.7. The first-order chi connectivity index (χ1) is 17.6. The maximum absolute atomic E-state index is 13.0. The summed E-state index contributed by atoms with van der Waals surface area (Å²) in [4.78, 5) is 25.4. The van der Waals surface area contributed by atoms with Crippen molar-refractivity contribution in [3.63, 3.8) is 0 Å². The maximum atomic E-state index is 13.0. The Morgan fingerprint density at radius 1 is 1.00 bits per heavy atom. The number of methoxy groups -OCH3 is 1. The Morgan fingerprint density at radius 3 is 2.30 bits per heavy atom. The molecule has 0 radical (unpaired) electrons. The topological polar surface area (TPSA) is 112 Å². The van der Waals surface area contributed by atoms with Crippen molar-refractivity contribution in [2.45, 2.75) is 38.1 Å². The molecule has 4 aromatic rings. The summed E-state index contributed by atoms with van der Waals surface area (Å²) < 4.78 is 44.2. The number of carbonyl (C=O) groups is 1. The van der Waals surface area contributed by atoms with Gasteiger partial charge in [-0.1, -0.05) is 36.8 Å². The van der Waals surface area contributed by atoms with Crippen molar-refractivity contribution in [2.24, 2.45) is 0 Å². The molecule has 0 fully saturated rings. The summed E-state index contributed by atoms with van der Waals surface area (Å²) in [6, 6.07) is 17.2. The molecule has 1 N–H and O–H groups in total. The highest BCUT2D eigenvalue weighted by Crippen LogP contribution is 2.34. The molecule has 0 aliphatic heterocycles. The maximum Gasteiger partial charge on any atom is 0.336 e. The summed E-state index contributed by atoms with van der Waals surface area (Å²) in [5.41, 5.74) is 2.53. The molecule has 9 heteroatoms. The predicted octanol–water partition coefficient (Wildman–Crippen LogP) is 4.75. The zero-order valence-electron chi connectivity index (χ0n) is 20.9. The van der Waals surface area contributed by atoms with Gasteiger partial charge in [0.15, 0.2) is 0 Å². The molecule has 3 aromatic carbocycles. The van der Waals surface area contributed by atoms with Crippen LogP contribution in [0.2, 0.25) is 0 Å². The van der Waals surface area contributed by atoms with Gasteiger partial charge >= 0.3 is 11.6 Å². The molecule has 0 aliphatic rings. The number of hydrogen-bond acceptors (Lipinski definition) is 7. The highest BCUT2D eigenvalue weighted by atomic mass is 32.2. The van der Waals surface area contributed by atoms with Crippen molar-refractivity contribution in [2.75, 3.05) is 7.11 Å². The van der Waals surface area contributed by atoms with Crippen LogP contribution in [-0.4, -0.2) is 27.5 Å². The average molecular weight is 522 g/mol. The summed E-state index contributed by atoms with van der Waals surface area (Å²) in [7, 11) is -2.36. The number of nitrogens with one attached hydrogen (secondary N) is 1. The Balaban J connectivity index is 1.63. The molecule has 0 aliphatic carbocycles. The minimum Gasteiger partial charge on any atom is -0.497 e. The van der Waals surface area contributed by atoms with Crippen LogP contribution >= 0.6 is 0 Å². The van der Waals surface area contributed by atoms with Crippen molar-refractivity contribution in [1.82, 2.24) is 4.72 Å². The third kappa shape index (κ3) is 5.58. The minimum absolute atomic E-state index is 0.0547. The number of aryl methyl sites for hydroxylation is 2. The molecule has 37 heavy (non-hydrogen) atoms. The Hall–Kier alpha value is -3.95. The molecule has 1 atom stereocenters. The van der Waals surface area contributed by atoms with E-state index in [1.807, 2.05) is 19.1 Å². The second kappa shape index (κ2) is 10.6. The summed E-state index contributed by atoms with van der Waals surface area (Å²) in [6.07, 6.45) is 0.174. The van der Waals surface area contributed by atoms with Gasteiger partial charge in [-0.25, -0.2) is 18.0 Å². The third-order valence-electron chi connectivity index (χ3n) is 6.04. The second-order valence-electron chi connectivity index (χ2n) is 8.59. The van der Waals surface area contributed by atoms with E-state index in [-0.39, 0.29) is 22.6 Å². The second-order valence-corrected chi connectivity index (χ2v) is 10.3. The van der Waals surface area contributed by atoms with Crippen molar-refractivity contribution in [1.29, 1.82) is 0 Å². The molecule has 0 unspecified atom stereocenters. The summed E-state index contributed by atoms with van der Waals surface area (Å²) in [6.45, 7) is 5.20. The van der Waals surface area contributed by atoms with Gasteiger partial charge in [-0.15, -0.1) is 0 Å². The molecule has 192 valence electrons. The van der Waals surface area contributed by atoms with E-state index in [2.05, 4.69) is 4.72 Å². The first-order valence-corrected chi connectivity index (χ1v) is 13.1. The van der Waals surface area contributed by atoms with Crippen LogP contribution in [0.3, 0.4) is 0 Å². The van der Waals surface area contributed by atoms with E-state index in [1.165, 1.54) is 18.2 Å². The van der Waals surface area contributed by atoms with E-state index in [4.69, 9.17) is 13.9 Å². The normalized spacial score (nSPS) is 12.3. The summed E-state index contributed by atoms with van der Waals surface area (Å²) in [5, 5.41) is 0.661. The Labute approximate surface area is 214 Å². The number of esters is 1. The fraction of sp³-hybridized carbons (Fsp3) is 0.214. The van der Waals surface area contributed by atoms with Crippen LogP contribution in [0.4, 0.5) is 0 Å². The van der Waals surface area contributed by atoms with Gasteiger partial charge in [0.25, 0.3) is 0 Å². The number of sulfonamides is 1. The van der Waals surface area contributed by atoms with Crippen LogP contribution in [0.25, 0.3) is 22.1 Å². The monoisotopic (exact) mass is 521 g/mol. The van der Waals surface area contributed by atoms with E-state index in [1.54, 1.807) is 57.4 Å². The fourth-order valence-electron chi connectivity index (χ4n) is 3.91. The molecule has 0 bridgehead atoms. The molecular weight excluding hydrogens is 494 g/mol. The first kappa shape index (κ1) is 26.1. The largest absolute Gasteiger partial charge is 0.497 e. The standard InChI is InChI=1S/C28H27NO7S/c1-5-24(29-37(32,33)21-12-6-17(2)7-13-21)28(31)35-25-15-14-22-23(16-26(30)36-27(22)18(25)3)19-8-10-20(34-4)11-9-19/h6-16,24,29H,5H2,1-4H3/t24-/m0/s1. The van der Waals surface area contributed by atoms with Crippen LogP contribution in [0, 0.1) is 13.8 Å². The molecule has 4 rings (SSSR count). The Bertz CT molecular complexity index is 1610. The number of hydrogen-bond donors (Lipinski definition) is 1. The van der Waals surface area contributed by atoms with Crippen molar-refractivity contribution in [3.8, 4) is 22.6 Å². The lowest BCUT2D eigenvalue weighted by atomic mass is 10.00. The molecule has 8 nitrogen and oxygen atoms in total. The zero-order valence-corrected chi connectivity index (χ0v) is 21.7. The SMILES string of the molecule is CC[C@H](NS(=O)(=O)c1ccc(C)cc1)C(=O)Oc1ccc2c(-c3ccc(OC)cc3)cc(=O)oc2c1C. The quantitative estimate of drug-likeness (QED) is 0.202. The Morgan fingerprint density at radius 2 is 1.68 bits per heavy atom. The van der Waals surface area contributed by atoms with Crippen LogP contribution in [0.1, 0.15) is 24.5 Å². The number of rotatable bonds is 8. The van der Waals surface area contributed by atoms with Gasteiger partial charge in [-0.3, -0.25) is 0 Å². The minimum atomic E-state index is -3.94. The summed E-state index contributed by atoms with van der Waals surface area (Å²) >= 11 is 0. The average Bonchev–Trinajstić information content (AvgIpc) is 2.89. The highest BCUT2D eigenvalue weighted by Gasteiger charge is 2.27. The number of fused-ring (bicyclic) bond motifs is 1. The lowest BCUT2D eigenvalue weighted by molar-refractivity contribution is -0.136. The van der Waals surface area contributed by atoms with Crippen molar-refractivity contribution >= 4 is 27.0 Å². The van der Waals surface area contributed by atoms with Crippen molar-refractivity contribution in [3.05, 3.63) is 88.3 Å². The number of benzene rings is 3.